The van der Waals surface area contributed by atoms with Gasteiger partial charge in [0.05, 0.1) is 41.7 Å². The fourth-order valence-electron chi connectivity index (χ4n) is 15.4. The minimum Gasteiger partial charge on any atom is -0.870 e. The predicted molar refractivity (Wildman–Crippen MR) is 341 cm³/mol. The van der Waals surface area contributed by atoms with Gasteiger partial charge in [0, 0.05) is 131 Å². The van der Waals surface area contributed by atoms with Gasteiger partial charge in [-0.2, -0.15) is 0 Å². The van der Waals surface area contributed by atoms with Gasteiger partial charge in [0.1, 0.15) is 18.3 Å². The van der Waals surface area contributed by atoms with Crippen LogP contribution in [0, 0.1) is 59.2 Å². The number of allylic oxidation sites excluding steroid dienone is 6. The number of nitrogens with two attached hydrogens (primary N) is 6. The molecule has 2 aromatic rings. The number of hydrogen-bond donors (Lipinski definition) is 10. The summed E-state index contributed by atoms with van der Waals surface area (Å²) < 4.78 is 31.9. The van der Waals surface area contributed by atoms with Crippen LogP contribution in [0.1, 0.15) is 150 Å². The van der Waals surface area contributed by atoms with Gasteiger partial charge >= 0.3 is 16.8 Å². The van der Waals surface area contributed by atoms with Gasteiger partial charge in [-0.25, -0.2) is 4.98 Å². The number of carbonyl (C=O) groups excluding carboxylic acids is 7. The number of hydrogen-bond acceptors (Lipinski definition) is 20. The topological polar surface area (TPSA) is 493 Å². The summed E-state index contributed by atoms with van der Waals surface area (Å²) in [6, 6.07) is 2.67. The van der Waals surface area contributed by atoms with Crippen LogP contribution >= 0.6 is 20.2 Å². The van der Waals surface area contributed by atoms with Crippen molar-refractivity contribution in [2.24, 2.45) is 94.7 Å². The number of rotatable bonds is 26. The molecule has 7 amide bonds. The number of nitrogens with zero attached hydrogens (tertiary/aromatic N) is 5. The first-order valence-electron chi connectivity index (χ1n) is 30.5. The molecular formula is C62H91ClCoN13O15P+. The van der Waals surface area contributed by atoms with Crippen molar-refractivity contribution < 1.29 is 89.3 Å². The number of amides is 7. The molecule has 2 saturated heterocycles. The molecule has 15 atom stereocenters. The zero-order valence-electron chi connectivity index (χ0n) is 54.4. The Morgan fingerprint density at radius 3 is 1.97 bits per heavy atom. The van der Waals surface area contributed by atoms with Gasteiger partial charge in [-0.3, -0.25) is 53.1 Å². The molecule has 0 aliphatic carbocycles. The van der Waals surface area contributed by atoms with E-state index < -0.39 is 143 Å². The van der Waals surface area contributed by atoms with Crippen LogP contribution in [-0.2, 0) is 68.7 Å². The molecule has 0 saturated carbocycles. The number of aliphatic hydroxyl groups is 2. The number of imidazole rings is 1. The van der Waals surface area contributed by atoms with Crippen molar-refractivity contribution in [3.63, 3.8) is 0 Å². The number of carbonyl (C=O) groups is 7. The molecule has 17 N–H and O–H groups in total. The van der Waals surface area contributed by atoms with E-state index in [2.05, 4.69) is 15.6 Å². The Labute approximate surface area is 557 Å². The van der Waals surface area contributed by atoms with Crippen LogP contribution in [0.15, 0.2) is 67.8 Å². The van der Waals surface area contributed by atoms with Crippen molar-refractivity contribution in [2.45, 2.75) is 189 Å². The number of aryl methyl sites for hydroxylation is 2. The zero-order valence-corrected chi connectivity index (χ0v) is 57.2. The zero-order chi connectivity index (χ0) is 66.7. The van der Waals surface area contributed by atoms with Crippen LogP contribution in [0.3, 0.4) is 0 Å². The molecule has 8 bridgehead atoms. The van der Waals surface area contributed by atoms with Crippen molar-refractivity contribution in [3.05, 3.63) is 63.9 Å². The third-order valence-corrected chi connectivity index (χ3v) is 21.7. The summed E-state index contributed by atoms with van der Waals surface area (Å²) in [5.74, 6) is -7.24. The SMILES string of the molecule is CC1=C2N=C(C=C3NC(=C(C)C4=NC(C)(C5N=C1C(C)(CCC(=O)NCC(C)OP(=O)([O-])OC1C(CO)OC(n6cnc7cc(C)c(C)cc76)C1O)C5CC(N)=O)C(C)(CC(N)=O)C4CCC(N)=O)C(C)(CC(N)=O)C3CCC(N)=O)C(C)(C)C2CCC(N)=O.Cl.[Co+3].[OH-]. The molecule has 8 rings (SSSR count). The normalized spacial score (nSPS) is 31.0. The Morgan fingerprint density at radius 1 is 0.817 bits per heavy atom. The Bertz CT molecular complexity index is 3550. The quantitative estimate of drug-likeness (QED) is 0.0605. The maximum Gasteiger partial charge on any atom is 3.00 e. The fourth-order valence-corrected chi connectivity index (χ4v) is 16.6. The van der Waals surface area contributed by atoms with E-state index in [1.807, 2.05) is 87.4 Å². The number of halogens is 1. The van der Waals surface area contributed by atoms with Gasteiger partial charge in [0.25, 0.3) is 7.82 Å². The minimum atomic E-state index is -5.32. The molecule has 0 radical (unpaired) electrons. The third-order valence-electron chi connectivity index (χ3n) is 20.6. The summed E-state index contributed by atoms with van der Waals surface area (Å²) in [7, 11) is -5.32. The van der Waals surface area contributed by atoms with Crippen molar-refractivity contribution >= 4 is 89.7 Å². The van der Waals surface area contributed by atoms with E-state index in [9.17, 15) is 53.2 Å². The number of fused-ring (bicyclic) bond motifs is 7. The monoisotopic (exact) mass is 1380 g/mol. The van der Waals surface area contributed by atoms with Crippen molar-refractivity contribution in [3.8, 4) is 0 Å². The van der Waals surface area contributed by atoms with Gasteiger partial charge in [0.15, 0.2) is 6.23 Å². The summed E-state index contributed by atoms with van der Waals surface area (Å²) in [5.41, 5.74) is 37.2. The second-order valence-corrected chi connectivity index (χ2v) is 28.4. The average Bonchev–Trinajstić information content (AvgIpc) is 1.53. The minimum absolute atomic E-state index is 0. The summed E-state index contributed by atoms with van der Waals surface area (Å²) in [5, 5.41) is 28.1. The fraction of sp³-hybridized carbons (Fsp3) is 0.629. The molecule has 93 heavy (non-hydrogen) atoms. The van der Waals surface area contributed by atoms with E-state index >= 15 is 0 Å². The number of benzene rings is 1. The second-order valence-electron chi connectivity index (χ2n) is 27.1. The number of primary amides is 6. The molecule has 15 unspecified atom stereocenters. The van der Waals surface area contributed by atoms with Crippen molar-refractivity contribution in [2.75, 3.05) is 13.2 Å². The third kappa shape index (κ3) is 14.9. The number of aromatic nitrogens is 2. The average molecular weight is 1380 g/mol. The van der Waals surface area contributed by atoms with E-state index in [-0.39, 0.29) is 112 Å². The second kappa shape index (κ2) is 29.0. The van der Waals surface area contributed by atoms with E-state index in [0.29, 0.717) is 56.4 Å². The van der Waals surface area contributed by atoms with Gasteiger partial charge < -0.3 is 84.0 Å². The molecule has 1 aromatic carbocycles. The molecule has 6 aliphatic rings. The Kier molecular flexibility index (Phi) is 24.2. The van der Waals surface area contributed by atoms with Gasteiger partial charge in [0.2, 0.25) is 41.4 Å². The smallest absolute Gasteiger partial charge is 0.870 e. The van der Waals surface area contributed by atoms with Gasteiger partial charge in [-0.05, 0) is 108 Å². The predicted octanol–water partition coefficient (Wildman–Crippen LogP) is 2.77. The summed E-state index contributed by atoms with van der Waals surface area (Å²) in [4.78, 5) is 128. The van der Waals surface area contributed by atoms with Crippen LogP contribution in [0.4, 0.5) is 0 Å². The summed E-state index contributed by atoms with van der Waals surface area (Å²) in [6.45, 7) is 19.1. The molecule has 1 aromatic heterocycles. The largest absolute Gasteiger partial charge is 3.00 e. The number of aliphatic hydroxyl groups excluding tert-OH is 2. The first kappa shape index (κ1) is 77.5. The van der Waals surface area contributed by atoms with Crippen LogP contribution in [0.2, 0.25) is 0 Å². The first-order chi connectivity index (χ1) is 41.8. The summed E-state index contributed by atoms with van der Waals surface area (Å²) in [6.07, 6.45) is -4.57. The van der Waals surface area contributed by atoms with E-state index in [4.69, 9.17) is 63.2 Å². The number of phosphoric acid groups is 1. The molecule has 514 valence electrons. The molecule has 28 nitrogen and oxygen atoms in total. The number of aliphatic imine (C=N–C) groups is 3. The van der Waals surface area contributed by atoms with E-state index in [1.54, 1.807) is 0 Å². The standard InChI is InChI=1S/C62H90N13O14P.ClH.Co.H2O/c1-29-20-39-40(21-30(29)2)75(28-70-39)57-52(84)53(41(27-76)87-57)89-90(85,86)88-31(3)26-69-49(83)18-19-59(8)37(22-46(66)80)56-62(11)61(10,25-48(68)82)36(14-17-45(65)79)51(74-62)33(5)55-60(9,24-47(67)81)34(12-15-43(63)77)38(71-55)23-42-58(6,7)35(13-16-44(64)78)50(72-42)32(4)54(59)73-56;;;/h20-21,23,28,31,34-37,41,52-53,56-57,71,76,84H,12-19,22,24-27H2,1-11H3,(H2,63,77)(H2,64,78)(H2,65,79)(H2,66,80)(H2,67,81)(H2,68,82)(H,69,83)(H,85,86);1H;;1H2/q;;+3;/p-2. The Hall–Kier alpha value is -6.24. The summed E-state index contributed by atoms with van der Waals surface area (Å²) >= 11 is 0. The molecule has 0 spiro atoms. The number of ether oxygens (including phenoxy) is 1. The van der Waals surface area contributed by atoms with Crippen LogP contribution in [0.25, 0.3) is 11.0 Å². The molecule has 2 fully saturated rings. The first-order valence-corrected chi connectivity index (χ1v) is 32.0. The Morgan fingerprint density at radius 2 is 1.40 bits per heavy atom. The van der Waals surface area contributed by atoms with Crippen molar-refractivity contribution in [1.82, 2.24) is 20.2 Å². The van der Waals surface area contributed by atoms with E-state index in [1.165, 1.54) is 17.8 Å². The molecule has 6 aliphatic heterocycles. The number of phosphoric ester groups is 1. The maximum atomic E-state index is 14.4. The van der Waals surface area contributed by atoms with Gasteiger partial charge in [-0.15, -0.1) is 12.4 Å². The van der Waals surface area contributed by atoms with Crippen LogP contribution in [-0.4, -0.2) is 133 Å². The Balaban J connectivity index is 0.00000523. The molecule has 7 heterocycles. The van der Waals surface area contributed by atoms with Crippen LogP contribution in [0.5, 0.6) is 0 Å². The van der Waals surface area contributed by atoms with E-state index in [0.717, 1.165) is 11.1 Å². The van der Waals surface area contributed by atoms with Gasteiger partial charge in [-0.1, -0.05) is 34.6 Å². The van der Waals surface area contributed by atoms with Crippen molar-refractivity contribution in [1.29, 1.82) is 0 Å². The number of nitrogens with one attached hydrogen (secondary N) is 2. The molecule has 31 heteroatoms. The molecular weight excluding hydrogens is 1290 g/mol. The maximum absolute atomic E-state index is 14.4. The van der Waals surface area contributed by atoms with Crippen LogP contribution < -0.4 is 49.9 Å².